The average Bonchev–Trinajstić information content (AvgIpc) is 2.91. The average molecular weight is 450 g/mol. The van der Waals surface area contributed by atoms with Crippen LogP contribution in [-0.2, 0) is 4.79 Å². The van der Waals surface area contributed by atoms with Crippen LogP contribution in [0.5, 0.6) is 11.5 Å². The Morgan fingerprint density at radius 1 is 0.647 bits per heavy atom. The Bertz CT molecular complexity index is 1230. The maximum atomic E-state index is 13.4. The maximum Gasteiger partial charge on any atom is 0.245 e. The molecule has 0 unspecified atom stereocenters. The van der Waals surface area contributed by atoms with Crippen molar-refractivity contribution >= 4 is 11.5 Å². The van der Waals surface area contributed by atoms with E-state index in [1.54, 1.807) is 20.3 Å². The van der Waals surface area contributed by atoms with E-state index in [4.69, 9.17) is 9.47 Å². The van der Waals surface area contributed by atoms with Gasteiger partial charge in [-0.2, -0.15) is 0 Å². The molecule has 0 aliphatic rings. The highest BCUT2D eigenvalue weighted by Gasteiger charge is 2.17. The van der Waals surface area contributed by atoms with E-state index in [0.717, 1.165) is 39.3 Å². The highest BCUT2D eigenvalue weighted by Crippen LogP contribution is 2.27. The molecule has 4 aromatic rings. The van der Waals surface area contributed by atoms with Crippen LogP contribution in [0.25, 0.3) is 5.57 Å². The predicted molar refractivity (Wildman–Crippen MR) is 136 cm³/mol. The standard InChI is InChI=1S/C30H27NO3/c1-33-26-17-13-23(14-18-26)28(22-9-5-3-6-10-22)21-29(32)31-30(24-11-7-4-8-12-24)25-15-19-27(34-2)20-16-25/h3-21,30H,1-2H3,(H,31,32)/b28-21-/t30-/m1/s1. The molecule has 0 radical (unpaired) electrons. The molecule has 4 heteroatoms. The second-order valence-electron chi connectivity index (χ2n) is 7.78. The van der Waals surface area contributed by atoms with Gasteiger partial charge in [-0.25, -0.2) is 0 Å². The smallest absolute Gasteiger partial charge is 0.245 e. The van der Waals surface area contributed by atoms with E-state index >= 15 is 0 Å². The van der Waals surface area contributed by atoms with E-state index < -0.39 is 0 Å². The second-order valence-corrected chi connectivity index (χ2v) is 7.78. The summed E-state index contributed by atoms with van der Waals surface area (Å²) in [7, 11) is 3.28. The largest absolute Gasteiger partial charge is 0.497 e. The molecule has 34 heavy (non-hydrogen) atoms. The number of hydrogen-bond acceptors (Lipinski definition) is 3. The summed E-state index contributed by atoms with van der Waals surface area (Å²) in [5.41, 5.74) is 4.70. The Morgan fingerprint density at radius 2 is 1.12 bits per heavy atom. The summed E-state index contributed by atoms with van der Waals surface area (Å²) < 4.78 is 10.6. The predicted octanol–water partition coefficient (Wildman–Crippen LogP) is 6.04. The van der Waals surface area contributed by atoms with Gasteiger partial charge in [0.25, 0.3) is 0 Å². The molecule has 0 aromatic heterocycles. The molecule has 1 amide bonds. The summed E-state index contributed by atoms with van der Waals surface area (Å²) in [6.07, 6.45) is 1.66. The van der Waals surface area contributed by atoms with Gasteiger partial charge >= 0.3 is 0 Å². The molecule has 4 nitrogen and oxygen atoms in total. The lowest BCUT2D eigenvalue weighted by molar-refractivity contribution is -0.116. The molecule has 1 atom stereocenters. The van der Waals surface area contributed by atoms with Crippen LogP contribution in [0.1, 0.15) is 28.3 Å². The van der Waals surface area contributed by atoms with E-state index in [1.807, 2.05) is 109 Å². The van der Waals surface area contributed by atoms with Crippen LogP contribution in [-0.4, -0.2) is 20.1 Å². The normalized spacial score (nSPS) is 12.0. The summed E-state index contributed by atoms with van der Waals surface area (Å²) in [6, 6.07) is 35.0. The van der Waals surface area contributed by atoms with Gasteiger partial charge in [-0.15, -0.1) is 0 Å². The molecule has 0 aliphatic carbocycles. The van der Waals surface area contributed by atoms with Crippen molar-refractivity contribution in [1.82, 2.24) is 5.32 Å². The molecular formula is C30H27NO3. The van der Waals surface area contributed by atoms with Crippen molar-refractivity contribution in [1.29, 1.82) is 0 Å². The monoisotopic (exact) mass is 449 g/mol. The lowest BCUT2D eigenvalue weighted by atomic mass is 9.96. The van der Waals surface area contributed by atoms with E-state index in [1.165, 1.54) is 0 Å². The summed E-state index contributed by atoms with van der Waals surface area (Å²) >= 11 is 0. The van der Waals surface area contributed by atoms with Gasteiger partial charge in [-0.3, -0.25) is 4.79 Å². The number of rotatable bonds is 8. The SMILES string of the molecule is COc1ccc(/C(=C\C(=O)N[C@H](c2ccccc2)c2ccc(OC)cc2)c2ccccc2)cc1. The molecule has 4 rings (SSSR count). The lowest BCUT2D eigenvalue weighted by Crippen LogP contribution is -2.28. The maximum absolute atomic E-state index is 13.4. The number of nitrogens with one attached hydrogen (secondary N) is 1. The summed E-state index contributed by atoms with van der Waals surface area (Å²) in [6.45, 7) is 0. The number of hydrogen-bond donors (Lipinski definition) is 1. The van der Waals surface area contributed by atoms with E-state index in [-0.39, 0.29) is 11.9 Å². The second kappa shape index (κ2) is 11.0. The zero-order valence-corrected chi connectivity index (χ0v) is 19.3. The molecule has 0 bridgehead atoms. The van der Waals surface area contributed by atoms with Crippen LogP contribution in [0, 0.1) is 0 Å². The number of amides is 1. The Hall–Kier alpha value is -4.31. The van der Waals surface area contributed by atoms with Crippen molar-refractivity contribution < 1.29 is 14.3 Å². The van der Waals surface area contributed by atoms with Gasteiger partial charge < -0.3 is 14.8 Å². The van der Waals surface area contributed by atoms with Gasteiger partial charge in [0.15, 0.2) is 0 Å². The zero-order valence-electron chi connectivity index (χ0n) is 19.3. The van der Waals surface area contributed by atoms with Crippen LogP contribution < -0.4 is 14.8 Å². The molecule has 0 heterocycles. The van der Waals surface area contributed by atoms with Gasteiger partial charge in [0.1, 0.15) is 11.5 Å². The highest BCUT2D eigenvalue weighted by atomic mass is 16.5. The minimum absolute atomic E-state index is 0.181. The van der Waals surface area contributed by atoms with Crippen molar-refractivity contribution in [3.8, 4) is 11.5 Å². The third kappa shape index (κ3) is 5.54. The van der Waals surface area contributed by atoms with Crippen molar-refractivity contribution in [2.45, 2.75) is 6.04 Å². The first-order valence-electron chi connectivity index (χ1n) is 11.1. The van der Waals surface area contributed by atoms with Crippen LogP contribution >= 0.6 is 0 Å². The fraction of sp³-hybridized carbons (Fsp3) is 0.100. The molecule has 0 saturated heterocycles. The fourth-order valence-corrected chi connectivity index (χ4v) is 3.84. The third-order valence-corrected chi connectivity index (χ3v) is 5.63. The van der Waals surface area contributed by atoms with Crippen molar-refractivity contribution in [2.24, 2.45) is 0 Å². The van der Waals surface area contributed by atoms with Gasteiger partial charge in [0, 0.05) is 6.08 Å². The summed E-state index contributed by atoms with van der Waals surface area (Å²) in [5.74, 6) is 1.36. The quantitative estimate of drug-likeness (QED) is 0.334. The number of benzene rings is 4. The highest BCUT2D eigenvalue weighted by molar-refractivity contribution is 5.99. The number of ether oxygens (including phenoxy) is 2. The van der Waals surface area contributed by atoms with Gasteiger partial charge in [-0.05, 0) is 52.1 Å². The molecular weight excluding hydrogens is 422 g/mol. The molecule has 0 aliphatic heterocycles. The summed E-state index contributed by atoms with van der Waals surface area (Å²) in [5, 5.41) is 3.20. The molecule has 4 aromatic carbocycles. The Labute approximate surface area is 200 Å². The molecule has 0 fully saturated rings. The van der Waals surface area contributed by atoms with Crippen molar-refractivity contribution in [3.63, 3.8) is 0 Å². The Balaban J connectivity index is 1.69. The first-order chi connectivity index (χ1) is 16.7. The van der Waals surface area contributed by atoms with E-state index in [2.05, 4.69) is 5.32 Å². The van der Waals surface area contributed by atoms with Crippen LogP contribution in [0.15, 0.2) is 115 Å². The number of carbonyl (C=O) groups is 1. The minimum atomic E-state index is -0.302. The molecule has 0 spiro atoms. The van der Waals surface area contributed by atoms with Crippen molar-refractivity contribution in [2.75, 3.05) is 14.2 Å². The van der Waals surface area contributed by atoms with Crippen LogP contribution in [0.4, 0.5) is 0 Å². The van der Waals surface area contributed by atoms with Gasteiger partial charge in [0.05, 0.1) is 20.3 Å². The number of methoxy groups -OCH3 is 2. The van der Waals surface area contributed by atoms with Gasteiger partial charge in [0.2, 0.25) is 5.91 Å². The molecule has 1 N–H and O–H groups in total. The lowest BCUT2D eigenvalue weighted by Gasteiger charge is -2.20. The first kappa shape index (κ1) is 22.9. The fourth-order valence-electron chi connectivity index (χ4n) is 3.84. The van der Waals surface area contributed by atoms with Crippen molar-refractivity contribution in [3.05, 3.63) is 138 Å². The molecule has 0 saturated carbocycles. The van der Waals surface area contributed by atoms with E-state index in [0.29, 0.717) is 0 Å². The van der Waals surface area contributed by atoms with E-state index in [9.17, 15) is 4.79 Å². The zero-order chi connectivity index (χ0) is 23.8. The Kier molecular flexibility index (Phi) is 7.41. The number of carbonyl (C=O) groups excluding carboxylic acids is 1. The van der Waals surface area contributed by atoms with Gasteiger partial charge in [-0.1, -0.05) is 84.9 Å². The molecule has 170 valence electrons. The van der Waals surface area contributed by atoms with Crippen LogP contribution in [0.2, 0.25) is 0 Å². The Morgan fingerprint density at radius 3 is 1.68 bits per heavy atom. The topological polar surface area (TPSA) is 47.6 Å². The first-order valence-corrected chi connectivity index (χ1v) is 11.1. The third-order valence-electron chi connectivity index (χ3n) is 5.63. The van der Waals surface area contributed by atoms with Crippen LogP contribution in [0.3, 0.4) is 0 Å². The summed E-state index contributed by atoms with van der Waals surface area (Å²) in [4.78, 5) is 13.4. The minimum Gasteiger partial charge on any atom is -0.497 e.